The lowest BCUT2D eigenvalue weighted by Gasteiger charge is -2.28. The van der Waals surface area contributed by atoms with Crippen molar-refractivity contribution in [3.8, 4) is 0 Å². The van der Waals surface area contributed by atoms with Gasteiger partial charge in [-0.05, 0) is 17.2 Å². The molecule has 1 aliphatic carbocycles. The zero-order valence-electron chi connectivity index (χ0n) is 14.9. The summed E-state index contributed by atoms with van der Waals surface area (Å²) in [5, 5.41) is 8.99. The first-order chi connectivity index (χ1) is 12.8. The van der Waals surface area contributed by atoms with Crippen LogP contribution in [0.5, 0.6) is 0 Å². The predicted octanol–water partition coefficient (Wildman–Crippen LogP) is -2.08. The molecule has 1 aliphatic rings. The van der Waals surface area contributed by atoms with Crippen LogP contribution in [0.25, 0.3) is 0 Å². The molecule has 3 amide bonds. The normalized spacial score (nSPS) is 14.6. The van der Waals surface area contributed by atoms with E-state index in [1.807, 2.05) is 24.3 Å². The zero-order valence-corrected chi connectivity index (χ0v) is 14.9. The standard InChI is InChI=1S/C17H23N7O3/c1-21-12(6-7-13(18)25)14(26)22-17(15(27)23-24-16(19)20)8-10-4-2-3-5-11(10)9-17/h2-6,21H,7-9H2,1H3,(H2,18,25)(H,22,26)(H,23,27)(H4,19,20,24)/b12-6+. The second-order valence-corrected chi connectivity index (χ2v) is 6.17. The molecule has 0 fully saturated rings. The van der Waals surface area contributed by atoms with Gasteiger partial charge in [0, 0.05) is 26.3 Å². The Bertz CT molecular complexity index is 787. The van der Waals surface area contributed by atoms with Crippen LogP contribution in [0.2, 0.25) is 0 Å². The number of nitrogens with zero attached hydrogens (tertiary/aromatic N) is 1. The Morgan fingerprint density at radius 1 is 1.15 bits per heavy atom. The Morgan fingerprint density at radius 2 is 1.74 bits per heavy atom. The number of nitrogens with one attached hydrogen (secondary N) is 3. The summed E-state index contributed by atoms with van der Waals surface area (Å²) in [7, 11) is 1.53. The van der Waals surface area contributed by atoms with E-state index in [2.05, 4.69) is 21.2 Å². The minimum absolute atomic E-state index is 0.114. The molecule has 2 rings (SSSR count). The van der Waals surface area contributed by atoms with Gasteiger partial charge in [0.1, 0.15) is 5.54 Å². The van der Waals surface area contributed by atoms with Gasteiger partial charge in [0.25, 0.3) is 11.8 Å². The lowest BCUT2D eigenvalue weighted by atomic mass is 9.94. The van der Waals surface area contributed by atoms with Gasteiger partial charge in [0.2, 0.25) is 11.9 Å². The molecule has 0 heterocycles. The average Bonchev–Trinajstić information content (AvgIpc) is 2.99. The lowest BCUT2D eigenvalue weighted by molar-refractivity contribution is -0.132. The molecule has 1 aromatic carbocycles. The van der Waals surface area contributed by atoms with Crippen molar-refractivity contribution >= 4 is 23.7 Å². The van der Waals surface area contributed by atoms with Gasteiger partial charge < -0.3 is 27.8 Å². The molecule has 0 bridgehead atoms. The predicted molar refractivity (Wildman–Crippen MR) is 99.6 cm³/mol. The van der Waals surface area contributed by atoms with Gasteiger partial charge >= 0.3 is 0 Å². The molecule has 27 heavy (non-hydrogen) atoms. The summed E-state index contributed by atoms with van der Waals surface area (Å²) in [6.45, 7) is 0. The van der Waals surface area contributed by atoms with E-state index in [0.29, 0.717) is 0 Å². The molecule has 144 valence electrons. The third-order valence-corrected chi connectivity index (χ3v) is 4.20. The topological polar surface area (TPSA) is 178 Å². The van der Waals surface area contributed by atoms with Crippen molar-refractivity contribution in [2.75, 3.05) is 7.05 Å². The molecule has 0 saturated heterocycles. The summed E-state index contributed by atoms with van der Waals surface area (Å²) in [6, 6.07) is 7.49. The number of likely N-dealkylation sites (N-methyl/N-ethyl adjacent to an activating group) is 1. The summed E-state index contributed by atoms with van der Waals surface area (Å²) in [5.74, 6) is -1.99. The van der Waals surface area contributed by atoms with E-state index in [1.54, 1.807) is 0 Å². The smallest absolute Gasteiger partial charge is 0.267 e. The van der Waals surface area contributed by atoms with E-state index >= 15 is 0 Å². The number of benzene rings is 1. The Labute approximate surface area is 156 Å². The van der Waals surface area contributed by atoms with E-state index in [4.69, 9.17) is 17.2 Å². The SMILES string of the molecule is CN/C(=C/CC(N)=O)C(=O)NC1(C(=O)NN=C(N)N)Cc2ccccc2C1. The number of rotatable bonds is 7. The van der Waals surface area contributed by atoms with Crippen molar-refractivity contribution in [2.45, 2.75) is 24.8 Å². The van der Waals surface area contributed by atoms with Crippen LogP contribution in [-0.4, -0.2) is 36.3 Å². The van der Waals surface area contributed by atoms with Crippen molar-refractivity contribution in [1.82, 2.24) is 16.1 Å². The van der Waals surface area contributed by atoms with Crippen LogP contribution in [-0.2, 0) is 27.2 Å². The van der Waals surface area contributed by atoms with Gasteiger partial charge in [-0.15, -0.1) is 5.10 Å². The first kappa shape index (κ1) is 19.8. The number of amides is 3. The summed E-state index contributed by atoms with van der Waals surface area (Å²) in [5.41, 5.74) is 18.7. The molecular weight excluding hydrogens is 350 g/mol. The van der Waals surface area contributed by atoms with Crippen LogP contribution >= 0.6 is 0 Å². The van der Waals surface area contributed by atoms with Gasteiger partial charge in [0.05, 0.1) is 5.70 Å². The van der Waals surface area contributed by atoms with Gasteiger partial charge in [-0.2, -0.15) is 0 Å². The van der Waals surface area contributed by atoms with Crippen LogP contribution in [0.1, 0.15) is 17.5 Å². The number of carbonyl (C=O) groups excluding carboxylic acids is 3. The zero-order chi connectivity index (χ0) is 20.0. The fourth-order valence-electron chi connectivity index (χ4n) is 2.94. The van der Waals surface area contributed by atoms with Gasteiger partial charge in [0.15, 0.2) is 0 Å². The summed E-state index contributed by atoms with van der Waals surface area (Å²) < 4.78 is 0. The second kappa shape index (κ2) is 8.21. The van der Waals surface area contributed by atoms with Crippen molar-refractivity contribution in [3.63, 3.8) is 0 Å². The Balaban J connectivity index is 2.30. The number of nitrogens with two attached hydrogens (primary N) is 3. The monoisotopic (exact) mass is 373 g/mol. The molecule has 0 aliphatic heterocycles. The molecule has 0 atom stereocenters. The minimum Gasteiger partial charge on any atom is -0.384 e. The Hall–Kier alpha value is -3.56. The molecular formula is C17H23N7O3. The molecule has 10 nitrogen and oxygen atoms in total. The molecule has 0 radical (unpaired) electrons. The number of hydrazone groups is 1. The van der Waals surface area contributed by atoms with Crippen molar-refractivity contribution in [1.29, 1.82) is 0 Å². The number of primary amides is 1. The first-order valence-corrected chi connectivity index (χ1v) is 8.22. The summed E-state index contributed by atoms with van der Waals surface area (Å²) in [4.78, 5) is 36.4. The molecule has 9 N–H and O–H groups in total. The lowest BCUT2D eigenvalue weighted by Crippen LogP contribution is -2.60. The summed E-state index contributed by atoms with van der Waals surface area (Å²) >= 11 is 0. The maximum atomic E-state index is 12.8. The number of hydrogen-bond acceptors (Lipinski definition) is 5. The molecule has 0 saturated carbocycles. The number of carbonyl (C=O) groups is 3. The Kier molecular flexibility index (Phi) is 6.01. The molecule has 1 aromatic rings. The highest BCUT2D eigenvalue weighted by Crippen LogP contribution is 2.30. The van der Waals surface area contributed by atoms with Gasteiger partial charge in [-0.1, -0.05) is 24.3 Å². The molecule has 0 aromatic heterocycles. The quantitative estimate of drug-likeness (QED) is 0.138. The fraction of sp³-hybridized carbons (Fsp3) is 0.294. The van der Waals surface area contributed by atoms with Gasteiger partial charge in [-0.25, -0.2) is 5.43 Å². The Morgan fingerprint density at radius 3 is 2.22 bits per heavy atom. The van der Waals surface area contributed by atoms with E-state index in [-0.39, 0.29) is 30.9 Å². The van der Waals surface area contributed by atoms with Crippen LogP contribution in [0.3, 0.4) is 0 Å². The van der Waals surface area contributed by atoms with Gasteiger partial charge in [-0.3, -0.25) is 14.4 Å². The van der Waals surface area contributed by atoms with Crippen LogP contribution in [0, 0.1) is 0 Å². The van der Waals surface area contributed by atoms with Crippen molar-refractivity contribution < 1.29 is 14.4 Å². The third-order valence-electron chi connectivity index (χ3n) is 4.20. The third kappa shape index (κ3) is 4.75. The van der Waals surface area contributed by atoms with E-state index < -0.39 is 23.3 Å². The molecule has 0 spiro atoms. The molecule has 10 heteroatoms. The van der Waals surface area contributed by atoms with E-state index in [0.717, 1.165) is 11.1 Å². The average molecular weight is 373 g/mol. The maximum Gasteiger partial charge on any atom is 0.267 e. The first-order valence-electron chi connectivity index (χ1n) is 8.22. The van der Waals surface area contributed by atoms with Crippen LogP contribution in [0.4, 0.5) is 0 Å². The minimum atomic E-state index is -1.28. The summed E-state index contributed by atoms with van der Waals surface area (Å²) in [6.07, 6.45) is 1.79. The van der Waals surface area contributed by atoms with Crippen LogP contribution < -0.4 is 33.3 Å². The highest BCUT2D eigenvalue weighted by Gasteiger charge is 2.45. The van der Waals surface area contributed by atoms with E-state index in [9.17, 15) is 14.4 Å². The largest absolute Gasteiger partial charge is 0.384 e. The maximum absolute atomic E-state index is 12.8. The highest BCUT2D eigenvalue weighted by molar-refractivity contribution is 5.99. The van der Waals surface area contributed by atoms with Crippen LogP contribution in [0.15, 0.2) is 41.1 Å². The molecule has 0 unspecified atom stereocenters. The second-order valence-electron chi connectivity index (χ2n) is 6.17. The fourth-order valence-corrected chi connectivity index (χ4v) is 2.94. The number of hydrogen-bond donors (Lipinski definition) is 6. The van der Waals surface area contributed by atoms with E-state index in [1.165, 1.54) is 13.1 Å². The number of guanidine groups is 1. The number of fused-ring (bicyclic) bond motifs is 1. The van der Waals surface area contributed by atoms with Crippen molar-refractivity contribution in [3.05, 3.63) is 47.2 Å². The highest BCUT2D eigenvalue weighted by atomic mass is 16.2. The van der Waals surface area contributed by atoms with Crippen molar-refractivity contribution in [2.24, 2.45) is 22.3 Å².